The first-order valence-electron chi connectivity index (χ1n) is 8.07. The van der Waals surface area contributed by atoms with E-state index in [-0.39, 0.29) is 5.56 Å². The number of hydrogen-bond acceptors (Lipinski definition) is 4. The standard InChI is InChI=1S/C18H23ClN2O2S/c1-12(2)8-9-14-13(3)20-18(21-17(14)22)24-11-10-23-16-7-5-4-6-15(16)19/h4-7,12H,8-11H2,1-3H3,(H,20,21,22). The lowest BCUT2D eigenvalue weighted by Crippen LogP contribution is -2.18. The molecule has 0 saturated carbocycles. The lowest BCUT2D eigenvalue weighted by atomic mass is 10.0. The minimum absolute atomic E-state index is 0.0299. The van der Waals surface area contributed by atoms with Gasteiger partial charge in [0.25, 0.3) is 5.56 Å². The van der Waals surface area contributed by atoms with Gasteiger partial charge in [0.05, 0.1) is 11.6 Å². The number of H-pyrrole nitrogens is 1. The summed E-state index contributed by atoms with van der Waals surface area (Å²) in [6.45, 7) is 6.70. The Morgan fingerprint density at radius 2 is 2.08 bits per heavy atom. The van der Waals surface area contributed by atoms with E-state index in [1.807, 2.05) is 25.1 Å². The molecule has 2 aromatic rings. The topological polar surface area (TPSA) is 55.0 Å². The van der Waals surface area contributed by atoms with Gasteiger partial charge >= 0.3 is 0 Å². The Bertz CT molecular complexity index is 731. The summed E-state index contributed by atoms with van der Waals surface area (Å²) in [5.41, 5.74) is 1.58. The molecule has 0 bridgehead atoms. The minimum Gasteiger partial charge on any atom is -0.491 e. The first-order valence-corrected chi connectivity index (χ1v) is 9.43. The molecule has 130 valence electrons. The third kappa shape index (κ3) is 5.56. The number of benzene rings is 1. The van der Waals surface area contributed by atoms with Crippen LogP contribution in [0.4, 0.5) is 0 Å². The van der Waals surface area contributed by atoms with Crippen LogP contribution in [0.25, 0.3) is 0 Å². The number of hydrogen-bond donors (Lipinski definition) is 1. The van der Waals surface area contributed by atoms with Gasteiger partial charge in [-0.3, -0.25) is 4.79 Å². The molecule has 0 saturated heterocycles. The third-order valence-corrected chi connectivity index (χ3v) is 4.74. The number of aromatic nitrogens is 2. The highest BCUT2D eigenvalue weighted by molar-refractivity contribution is 7.99. The molecule has 0 fully saturated rings. The summed E-state index contributed by atoms with van der Waals surface area (Å²) in [6, 6.07) is 7.37. The van der Waals surface area contributed by atoms with Gasteiger partial charge in [0.2, 0.25) is 0 Å². The van der Waals surface area contributed by atoms with Crippen molar-refractivity contribution in [3.8, 4) is 5.75 Å². The second-order valence-electron chi connectivity index (χ2n) is 5.99. The van der Waals surface area contributed by atoms with E-state index in [0.29, 0.717) is 34.2 Å². The SMILES string of the molecule is Cc1nc(SCCOc2ccccc2Cl)[nH]c(=O)c1CCC(C)C. The number of thioether (sulfide) groups is 1. The molecule has 24 heavy (non-hydrogen) atoms. The van der Waals surface area contributed by atoms with Crippen LogP contribution >= 0.6 is 23.4 Å². The molecule has 0 radical (unpaired) electrons. The van der Waals surface area contributed by atoms with E-state index in [1.54, 1.807) is 6.07 Å². The number of aryl methyl sites for hydroxylation is 1. The molecule has 0 spiro atoms. The van der Waals surface area contributed by atoms with Crippen molar-refractivity contribution in [2.75, 3.05) is 12.4 Å². The molecule has 0 aliphatic rings. The van der Waals surface area contributed by atoms with Crippen LogP contribution < -0.4 is 10.3 Å². The number of nitrogens with zero attached hydrogens (tertiary/aromatic N) is 1. The van der Waals surface area contributed by atoms with Crippen LogP contribution in [-0.4, -0.2) is 22.3 Å². The van der Waals surface area contributed by atoms with Gasteiger partial charge < -0.3 is 9.72 Å². The van der Waals surface area contributed by atoms with Gasteiger partial charge in [-0.05, 0) is 37.8 Å². The maximum absolute atomic E-state index is 12.2. The van der Waals surface area contributed by atoms with Crippen molar-refractivity contribution >= 4 is 23.4 Å². The molecule has 1 N–H and O–H groups in total. The van der Waals surface area contributed by atoms with Crippen molar-refractivity contribution in [3.63, 3.8) is 0 Å². The van der Waals surface area contributed by atoms with Crippen molar-refractivity contribution in [1.82, 2.24) is 9.97 Å². The molecule has 1 aromatic heterocycles. The van der Waals surface area contributed by atoms with Gasteiger partial charge in [-0.2, -0.15) is 0 Å². The number of ether oxygens (including phenoxy) is 1. The molecule has 4 nitrogen and oxygen atoms in total. The molecule has 0 amide bonds. The fraction of sp³-hybridized carbons (Fsp3) is 0.444. The normalized spacial score (nSPS) is 11.0. The highest BCUT2D eigenvalue weighted by Crippen LogP contribution is 2.23. The molecule has 0 aliphatic carbocycles. The van der Waals surface area contributed by atoms with E-state index in [9.17, 15) is 4.79 Å². The summed E-state index contributed by atoms with van der Waals surface area (Å²) >= 11 is 7.51. The molecule has 6 heteroatoms. The summed E-state index contributed by atoms with van der Waals surface area (Å²) in [7, 11) is 0. The summed E-state index contributed by atoms with van der Waals surface area (Å²) < 4.78 is 5.64. The van der Waals surface area contributed by atoms with E-state index in [1.165, 1.54) is 11.8 Å². The van der Waals surface area contributed by atoms with Crippen LogP contribution in [0.3, 0.4) is 0 Å². The van der Waals surface area contributed by atoms with Gasteiger partial charge in [-0.15, -0.1) is 0 Å². The van der Waals surface area contributed by atoms with Crippen LogP contribution in [0.1, 0.15) is 31.5 Å². The van der Waals surface area contributed by atoms with Gasteiger partial charge in [0.15, 0.2) is 5.16 Å². The fourth-order valence-electron chi connectivity index (χ4n) is 2.23. The van der Waals surface area contributed by atoms with E-state index in [4.69, 9.17) is 16.3 Å². The van der Waals surface area contributed by atoms with Crippen LogP contribution in [0, 0.1) is 12.8 Å². The molecule has 1 aromatic carbocycles. The van der Waals surface area contributed by atoms with Gasteiger partial charge in [-0.25, -0.2) is 4.98 Å². The average molecular weight is 367 g/mol. The van der Waals surface area contributed by atoms with Gasteiger partial charge in [-0.1, -0.05) is 49.3 Å². The number of halogens is 1. The fourth-order valence-corrected chi connectivity index (χ4v) is 3.15. The monoisotopic (exact) mass is 366 g/mol. The zero-order valence-electron chi connectivity index (χ0n) is 14.3. The molecule has 0 atom stereocenters. The Balaban J connectivity index is 1.89. The molecular weight excluding hydrogens is 344 g/mol. The quantitative estimate of drug-likeness (QED) is 0.425. The van der Waals surface area contributed by atoms with E-state index in [0.717, 1.165) is 24.1 Å². The molecule has 2 rings (SSSR count). The minimum atomic E-state index is -0.0299. The van der Waals surface area contributed by atoms with Crippen molar-refractivity contribution < 1.29 is 4.74 Å². The van der Waals surface area contributed by atoms with E-state index < -0.39 is 0 Å². The Morgan fingerprint density at radius 1 is 1.33 bits per heavy atom. The molecular formula is C18H23ClN2O2S. The highest BCUT2D eigenvalue weighted by atomic mass is 35.5. The maximum atomic E-state index is 12.2. The first kappa shape index (κ1) is 18.9. The summed E-state index contributed by atoms with van der Waals surface area (Å²) in [4.78, 5) is 19.6. The average Bonchev–Trinajstić information content (AvgIpc) is 2.52. The first-order chi connectivity index (χ1) is 11.5. The smallest absolute Gasteiger partial charge is 0.254 e. The number of nitrogens with one attached hydrogen (secondary N) is 1. The number of para-hydroxylation sites is 1. The van der Waals surface area contributed by atoms with Crippen molar-refractivity contribution in [3.05, 3.63) is 50.9 Å². The Hall–Kier alpha value is -1.46. The summed E-state index contributed by atoms with van der Waals surface area (Å²) in [5, 5.41) is 1.23. The second kappa shape index (κ2) is 9.14. The lowest BCUT2D eigenvalue weighted by molar-refractivity contribution is 0.344. The van der Waals surface area contributed by atoms with E-state index in [2.05, 4.69) is 23.8 Å². The Morgan fingerprint density at radius 3 is 2.75 bits per heavy atom. The lowest BCUT2D eigenvalue weighted by Gasteiger charge is -2.09. The van der Waals surface area contributed by atoms with Gasteiger partial charge in [0, 0.05) is 17.0 Å². The third-order valence-electron chi connectivity index (χ3n) is 3.59. The second-order valence-corrected chi connectivity index (χ2v) is 7.49. The number of rotatable bonds is 8. The largest absolute Gasteiger partial charge is 0.491 e. The maximum Gasteiger partial charge on any atom is 0.254 e. The van der Waals surface area contributed by atoms with Gasteiger partial charge in [0.1, 0.15) is 5.75 Å². The van der Waals surface area contributed by atoms with Crippen molar-refractivity contribution in [1.29, 1.82) is 0 Å². The number of aromatic amines is 1. The Kier molecular flexibility index (Phi) is 7.18. The zero-order chi connectivity index (χ0) is 17.5. The predicted molar refractivity (Wildman–Crippen MR) is 100 cm³/mol. The Labute approximate surface area is 152 Å². The molecule has 0 aliphatic heterocycles. The van der Waals surface area contributed by atoms with Crippen LogP contribution in [-0.2, 0) is 6.42 Å². The van der Waals surface area contributed by atoms with Crippen LogP contribution in [0.5, 0.6) is 5.75 Å². The van der Waals surface area contributed by atoms with Crippen molar-refractivity contribution in [2.45, 2.75) is 38.8 Å². The summed E-state index contributed by atoms with van der Waals surface area (Å²) in [6.07, 6.45) is 1.76. The van der Waals surface area contributed by atoms with Crippen molar-refractivity contribution in [2.24, 2.45) is 5.92 Å². The molecule has 0 unspecified atom stereocenters. The van der Waals surface area contributed by atoms with Crippen LogP contribution in [0.2, 0.25) is 5.02 Å². The summed E-state index contributed by atoms with van der Waals surface area (Å²) in [5.74, 6) is 1.92. The molecule has 1 heterocycles. The predicted octanol–water partition coefficient (Wildman–Crippen LogP) is 4.49. The van der Waals surface area contributed by atoms with Crippen LogP contribution in [0.15, 0.2) is 34.2 Å². The van der Waals surface area contributed by atoms with E-state index >= 15 is 0 Å². The highest BCUT2D eigenvalue weighted by Gasteiger charge is 2.09. The zero-order valence-corrected chi connectivity index (χ0v) is 15.8.